The van der Waals surface area contributed by atoms with Crippen LogP contribution in [0.15, 0.2) is 40.1 Å². The Kier molecular flexibility index (Phi) is 4.09. The van der Waals surface area contributed by atoms with Crippen LogP contribution < -0.4 is 5.32 Å². The minimum atomic E-state index is -0.630. The molecule has 0 bridgehead atoms. The number of rotatable bonds is 2. The highest BCUT2D eigenvalue weighted by atomic mass is 79.9. The minimum absolute atomic E-state index is 0.296. The number of hydrogen-bond acceptors (Lipinski definition) is 3. The Bertz CT molecular complexity index is 485. The van der Waals surface area contributed by atoms with E-state index in [1.165, 1.54) is 6.92 Å². The number of nitrogens with zero attached hydrogens (tertiary/aromatic N) is 1. The number of halogens is 1. The quantitative estimate of drug-likeness (QED) is 0.497. The summed E-state index contributed by atoms with van der Waals surface area (Å²) < 4.78 is 0.705. The van der Waals surface area contributed by atoms with Crippen molar-refractivity contribution in [2.24, 2.45) is 0 Å². The number of anilines is 1. The van der Waals surface area contributed by atoms with Crippen molar-refractivity contribution >= 4 is 27.5 Å². The summed E-state index contributed by atoms with van der Waals surface area (Å²) >= 11 is 3.26. The van der Waals surface area contributed by atoms with Crippen LogP contribution in [0.3, 0.4) is 0 Å². The highest BCUT2D eigenvalue weighted by molar-refractivity contribution is 9.10. The molecule has 82 valence electrons. The molecule has 0 aliphatic carbocycles. The molecule has 1 aromatic rings. The molecular weight excluding hydrogens is 272 g/mol. The maximum atomic E-state index is 11.6. The maximum Gasteiger partial charge on any atom is 0.269 e. The summed E-state index contributed by atoms with van der Waals surface area (Å²) in [7, 11) is 0. The molecule has 16 heavy (non-hydrogen) atoms. The Hall–Kier alpha value is -1.80. The topological polar surface area (TPSA) is 73.1 Å². The lowest BCUT2D eigenvalue weighted by atomic mass is 10.2. The number of benzene rings is 1. The first-order valence-corrected chi connectivity index (χ1v) is 5.21. The third kappa shape index (κ3) is 2.84. The number of hydrogen-bond donors (Lipinski definition) is 2. The molecular formula is C11H9BrN2O2. The lowest BCUT2D eigenvalue weighted by Gasteiger charge is -2.06. The number of amides is 1. The van der Waals surface area contributed by atoms with Crippen molar-refractivity contribution < 1.29 is 9.90 Å². The third-order valence-electron chi connectivity index (χ3n) is 1.82. The molecule has 4 nitrogen and oxygen atoms in total. The molecule has 0 saturated heterocycles. The van der Waals surface area contributed by atoms with E-state index in [2.05, 4.69) is 21.2 Å². The molecule has 0 radical (unpaired) electrons. The first-order valence-electron chi connectivity index (χ1n) is 4.42. The van der Waals surface area contributed by atoms with Gasteiger partial charge < -0.3 is 10.4 Å². The third-order valence-corrected chi connectivity index (χ3v) is 2.51. The van der Waals surface area contributed by atoms with Gasteiger partial charge in [-0.1, -0.05) is 12.1 Å². The SMILES string of the molecule is C/C(O)=C(/C#N)C(=O)Nc1ccccc1Br. The zero-order chi connectivity index (χ0) is 12.1. The Morgan fingerprint density at radius 2 is 2.12 bits per heavy atom. The molecule has 0 spiro atoms. The molecule has 1 amide bonds. The average Bonchev–Trinajstić information content (AvgIpc) is 2.22. The van der Waals surface area contributed by atoms with Crippen LogP contribution in [-0.2, 0) is 4.79 Å². The van der Waals surface area contributed by atoms with Gasteiger partial charge in [-0.25, -0.2) is 0 Å². The van der Waals surface area contributed by atoms with Crippen molar-refractivity contribution in [2.45, 2.75) is 6.92 Å². The van der Waals surface area contributed by atoms with Crippen LogP contribution in [0.2, 0.25) is 0 Å². The van der Waals surface area contributed by atoms with E-state index in [-0.39, 0.29) is 11.3 Å². The molecule has 1 aromatic carbocycles. The zero-order valence-electron chi connectivity index (χ0n) is 8.49. The van der Waals surface area contributed by atoms with E-state index in [1.54, 1.807) is 30.3 Å². The summed E-state index contributed by atoms with van der Waals surface area (Å²) in [5.41, 5.74) is 0.247. The molecule has 0 heterocycles. The monoisotopic (exact) mass is 280 g/mol. The van der Waals surface area contributed by atoms with Gasteiger partial charge in [-0.15, -0.1) is 0 Å². The van der Waals surface area contributed by atoms with Crippen molar-refractivity contribution in [2.75, 3.05) is 5.32 Å². The van der Waals surface area contributed by atoms with Crippen LogP contribution in [0, 0.1) is 11.3 Å². The first-order chi connectivity index (χ1) is 7.56. The Morgan fingerprint density at radius 1 is 1.50 bits per heavy atom. The highest BCUT2D eigenvalue weighted by Gasteiger charge is 2.13. The van der Waals surface area contributed by atoms with Crippen LogP contribution in [0.4, 0.5) is 5.69 Å². The average molecular weight is 281 g/mol. The summed E-state index contributed by atoms with van der Waals surface area (Å²) in [5, 5.41) is 20.3. The number of nitrogens with one attached hydrogen (secondary N) is 1. The highest BCUT2D eigenvalue weighted by Crippen LogP contribution is 2.21. The van der Waals surface area contributed by atoms with E-state index < -0.39 is 5.91 Å². The normalized spacial score (nSPS) is 11.3. The summed E-state index contributed by atoms with van der Waals surface area (Å²) in [4.78, 5) is 11.6. The Morgan fingerprint density at radius 3 is 2.62 bits per heavy atom. The standard InChI is InChI=1S/C11H9BrN2O2/c1-7(15)8(6-13)11(16)14-10-5-3-2-4-9(10)12/h2-5,15H,1H3,(H,14,16)/b8-7+. The molecule has 1 rings (SSSR count). The second-order valence-corrected chi connectivity index (χ2v) is 3.86. The van der Waals surface area contributed by atoms with Crippen molar-refractivity contribution in [3.8, 4) is 6.07 Å². The van der Waals surface area contributed by atoms with E-state index in [4.69, 9.17) is 10.4 Å². The summed E-state index contributed by atoms with van der Waals surface area (Å²) in [6.45, 7) is 1.29. The van der Waals surface area contributed by atoms with Crippen LogP contribution in [-0.4, -0.2) is 11.0 Å². The number of aliphatic hydroxyl groups is 1. The molecule has 0 aromatic heterocycles. The van der Waals surface area contributed by atoms with Gasteiger partial charge in [0.25, 0.3) is 5.91 Å². The molecule has 0 saturated carbocycles. The van der Waals surface area contributed by atoms with Gasteiger partial charge in [-0.05, 0) is 35.0 Å². The largest absolute Gasteiger partial charge is 0.511 e. The summed E-state index contributed by atoms with van der Waals surface area (Å²) in [6.07, 6.45) is 0. The zero-order valence-corrected chi connectivity index (χ0v) is 10.1. The molecule has 2 N–H and O–H groups in total. The maximum absolute atomic E-state index is 11.6. The number of para-hydroxylation sites is 1. The van der Waals surface area contributed by atoms with Gasteiger partial charge in [0, 0.05) is 4.47 Å². The van der Waals surface area contributed by atoms with Crippen molar-refractivity contribution in [1.29, 1.82) is 5.26 Å². The lowest BCUT2D eigenvalue weighted by molar-refractivity contribution is -0.112. The summed E-state index contributed by atoms with van der Waals surface area (Å²) in [5.74, 6) is -0.929. The Balaban J connectivity index is 2.93. The van der Waals surface area contributed by atoms with E-state index in [0.717, 1.165) is 0 Å². The van der Waals surface area contributed by atoms with Crippen molar-refractivity contribution in [3.63, 3.8) is 0 Å². The smallest absolute Gasteiger partial charge is 0.269 e. The molecule has 0 aliphatic rings. The fourth-order valence-corrected chi connectivity index (χ4v) is 1.43. The predicted octanol–water partition coefficient (Wildman–Crippen LogP) is 2.74. The summed E-state index contributed by atoms with van der Waals surface area (Å²) in [6, 6.07) is 8.64. The van der Waals surface area contributed by atoms with Gasteiger partial charge in [0.1, 0.15) is 11.8 Å². The molecule has 0 aliphatic heterocycles. The molecule has 0 atom stereocenters. The van der Waals surface area contributed by atoms with Crippen LogP contribution in [0.1, 0.15) is 6.92 Å². The van der Waals surface area contributed by atoms with E-state index >= 15 is 0 Å². The molecule has 0 unspecified atom stereocenters. The van der Waals surface area contributed by atoms with Crippen LogP contribution in [0.25, 0.3) is 0 Å². The number of nitriles is 1. The van der Waals surface area contributed by atoms with Gasteiger partial charge in [0.05, 0.1) is 5.69 Å². The number of aliphatic hydroxyl groups excluding tert-OH is 1. The lowest BCUT2D eigenvalue weighted by Crippen LogP contribution is -2.15. The predicted molar refractivity (Wildman–Crippen MR) is 63.7 cm³/mol. The molecule has 5 heteroatoms. The van der Waals surface area contributed by atoms with Gasteiger partial charge in [0.15, 0.2) is 5.57 Å². The van der Waals surface area contributed by atoms with Crippen LogP contribution in [0.5, 0.6) is 0 Å². The second kappa shape index (κ2) is 5.33. The molecule has 0 fully saturated rings. The van der Waals surface area contributed by atoms with Gasteiger partial charge in [0.2, 0.25) is 0 Å². The van der Waals surface area contributed by atoms with Gasteiger partial charge >= 0.3 is 0 Å². The second-order valence-electron chi connectivity index (χ2n) is 3.01. The van der Waals surface area contributed by atoms with E-state index in [1.807, 2.05) is 0 Å². The minimum Gasteiger partial charge on any atom is -0.511 e. The number of carbonyl (C=O) groups excluding carboxylic acids is 1. The first kappa shape index (κ1) is 12.3. The van der Waals surface area contributed by atoms with Crippen molar-refractivity contribution in [1.82, 2.24) is 0 Å². The number of allylic oxidation sites excluding steroid dienone is 1. The number of carbonyl (C=O) groups is 1. The van der Waals surface area contributed by atoms with Gasteiger partial charge in [-0.3, -0.25) is 4.79 Å². The fourth-order valence-electron chi connectivity index (χ4n) is 1.04. The van der Waals surface area contributed by atoms with E-state index in [0.29, 0.717) is 10.2 Å². The van der Waals surface area contributed by atoms with Crippen LogP contribution >= 0.6 is 15.9 Å². The van der Waals surface area contributed by atoms with Gasteiger partial charge in [-0.2, -0.15) is 5.26 Å². The fraction of sp³-hybridized carbons (Fsp3) is 0.0909. The Labute approximate surface area is 101 Å². The van der Waals surface area contributed by atoms with Crippen molar-refractivity contribution in [3.05, 3.63) is 40.1 Å². The van der Waals surface area contributed by atoms with E-state index in [9.17, 15) is 4.79 Å².